The zero-order valence-electron chi connectivity index (χ0n) is 1.63. The summed E-state index contributed by atoms with van der Waals surface area (Å²) in [7, 11) is 0. The van der Waals surface area contributed by atoms with Crippen LogP contribution in [0.5, 0.6) is 0 Å². The molecule has 0 bridgehead atoms. The van der Waals surface area contributed by atoms with Crippen LogP contribution < -0.4 is 0 Å². The van der Waals surface area contributed by atoms with Gasteiger partial charge in [0.15, 0.2) is 0 Å². The number of hydrogen-bond acceptors (Lipinski definition) is 0. The summed E-state index contributed by atoms with van der Waals surface area (Å²) in [6.07, 6.45) is 0. The van der Waals surface area contributed by atoms with Crippen LogP contribution in [0.4, 0.5) is 0 Å². The van der Waals surface area contributed by atoms with E-state index in [-0.39, 0.29) is 84.8 Å². The fourth-order valence-electron chi connectivity index (χ4n) is 0. The van der Waals surface area contributed by atoms with Crippen LogP contribution >= 0.6 is 0 Å². The maximum atomic E-state index is 0. The Bertz CT molecular complexity index is 8.00. The quantitative estimate of drug-likeness (QED) is 0.558. The van der Waals surface area contributed by atoms with Crippen LogP contribution in [0.3, 0.4) is 0 Å². The summed E-state index contributed by atoms with van der Waals surface area (Å²) in [6, 6.07) is 0. The molecule has 0 saturated heterocycles. The molecule has 0 N–H and O–H groups in total. The molecular weight excluding hydrogens is 311 g/mol. The first kappa shape index (κ1) is 31.3. The van der Waals surface area contributed by atoms with E-state index in [2.05, 4.69) is 0 Å². The van der Waals surface area contributed by atoms with Crippen molar-refractivity contribution in [3.05, 3.63) is 0 Å². The predicted octanol–water partition coefficient (Wildman–Crippen LogP) is -0.124. The van der Waals surface area contributed by atoms with Gasteiger partial charge in [-0.05, 0) is 0 Å². The SMILES string of the molecule is [Ce+3].[Mo+4].[Ni+2].[O-2]. The molecule has 0 aliphatic heterocycles. The molecule has 0 fully saturated rings. The molecule has 0 heterocycles. The van der Waals surface area contributed by atoms with Gasteiger partial charge in [0.05, 0.1) is 0 Å². The minimum atomic E-state index is 0. The molecule has 4 heteroatoms. The van der Waals surface area contributed by atoms with Gasteiger partial charge in [-0.25, -0.2) is 0 Å². The van der Waals surface area contributed by atoms with Gasteiger partial charge in [-0.1, -0.05) is 0 Å². The molecule has 0 aromatic heterocycles. The first-order valence-electron chi connectivity index (χ1n) is 0. The zero-order valence-corrected chi connectivity index (χ0v) is 7.77. The van der Waals surface area contributed by atoms with Gasteiger partial charge in [-0.15, -0.1) is 0 Å². The Morgan fingerprint density at radius 2 is 1.00 bits per heavy atom. The minimum absolute atomic E-state index is 0. The fourth-order valence-corrected chi connectivity index (χ4v) is 0. The van der Waals surface area contributed by atoms with E-state index in [1.165, 1.54) is 0 Å². The third kappa shape index (κ3) is 8.82. The van der Waals surface area contributed by atoms with Gasteiger partial charge < -0.3 is 5.48 Å². The van der Waals surface area contributed by atoms with Gasteiger partial charge in [-0.3, -0.25) is 0 Å². The molecule has 19 valence electrons. The molecule has 0 aliphatic carbocycles. The minimum Gasteiger partial charge on any atom is -2.00 e. The van der Waals surface area contributed by atoms with Crippen LogP contribution in [0.15, 0.2) is 0 Å². The second-order valence-corrected chi connectivity index (χ2v) is 0. The Labute approximate surface area is 83.2 Å². The molecule has 0 unspecified atom stereocenters. The number of rotatable bonds is 0. The first-order valence-corrected chi connectivity index (χ1v) is 0. The smallest absolute Gasteiger partial charge is 2.00 e. The van der Waals surface area contributed by atoms with Gasteiger partial charge >= 0.3 is 79.3 Å². The van der Waals surface area contributed by atoms with Gasteiger partial charge in [-0.2, -0.15) is 0 Å². The Hall–Kier alpha value is 2.52. The van der Waals surface area contributed by atoms with Crippen LogP contribution in [0.25, 0.3) is 0 Å². The van der Waals surface area contributed by atoms with Crippen molar-refractivity contribution >= 4 is 0 Å². The van der Waals surface area contributed by atoms with E-state index >= 15 is 0 Å². The van der Waals surface area contributed by atoms with E-state index in [1.807, 2.05) is 0 Å². The molecule has 0 aliphatic rings. The van der Waals surface area contributed by atoms with E-state index in [9.17, 15) is 0 Å². The predicted molar refractivity (Wildman–Crippen MR) is 0.686 cm³/mol. The van der Waals surface area contributed by atoms with Crippen molar-refractivity contribution in [3.63, 3.8) is 0 Å². The van der Waals surface area contributed by atoms with Crippen molar-refractivity contribution in [2.45, 2.75) is 0 Å². The average molecular weight is 311 g/mol. The summed E-state index contributed by atoms with van der Waals surface area (Å²) in [5.74, 6) is 0. The molecule has 0 rings (SSSR count). The molecule has 0 aromatic carbocycles. The maximum absolute atomic E-state index is 0. The Kier molecular flexibility index (Phi) is 139. The normalized spacial score (nSPS) is 0. The van der Waals surface area contributed by atoms with Crippen molar-refractivity contribution < 1.29 is 84.8 Å². The largest absolute Gasteiger partial charge is 4.00 e. The van der Waals surface area contributed by atoms with E-state index in [4.69, 9.17) is 0 Å². The molecule has 0 amide bonds. The topological polar surface area (TPSA) is 28.5 Å². The molecule has 0 aromatic rings. The summed E-state index contributed by atoms with van der Waals surface area (Å²) in [5.41, 5.74) is 0. The summed E-state index contributed by atoms with van der Waals surface area (Å²) in [5, 5.41) is 0. The van der Waals surface area contributed by atoms with Crippen molar-refractivity contribution in [2.75, 3.05) is 0 Å². The van der Waals surface area contributed by atoms with Crippen LogP contribution in [-0.2, 0) is 43.0 Å². The van der Waals surface area contributed by atoms with E-state index in [0.717, 1.165) is 0 Å². The molecule has 0 saturated carbocycles. The van der Waals surface area contributed by atoms with Crippen molar-refractivity contribution in [3.8, 4) is 0 Å². The first-order chi connectivity index (χ1) is 0. The Morgan fingerprint density at radius 1 is 1.00 bits per heavy atom. The van der Waals surface area contributed by atoms with E-state index in [0.29, 0.717) is 0 Å². The zero-order chi connectivity index (χ0) is 0. The summed E-state index contributed by atoms with van der Waals surface area (Å²) in [4.78, 5) is 0. The monoisotopic (exact) mass is 312 g/mol. The van der Waals surface area contributed by atoms with Crippen LogP contribution in [0.2, 0.25) is 0 Å². The summed E-state index contributed by atoms with van der Waals surface area (Å²) < 4.78 is 0. The van der Waals surface area contributed by atoms with Gasteiger partial charge in [0.2, 0.25) is 0 Å². The van der Waals surface area contributed by atoms with Crippen LogP contribution in [-0.4, -0.2) is 0 Å². The Morgan fingerprint density at radius 3 is 1.00 bits per heavy atom. The Balaban J connectivity index is 0. The maximum Gasteiger partial charge on any atom is 4.00 e. The van der Waals surface area contributed by atoms with Crippen molar-refractivity contribution in [2.24, 2.45) is 0 Å². The summed E-state index contributed by atoms with van der Waals surface area (Å²) >= 11 is 0. The number of hydrogen-bond donors (Lipinski definition) is 0. The molecule has 1 nitrogen and oxygen atoms in total. The standard InChI is InChI=1S/Ce.Mo.Ni.O/q+3;+4;+2;-2. The third-order valence-corrected chi connectivity index (χ3v) is 0. The third-order valence-electron chi connectivity index (χ3n) is 0. The van der Waals surface area contributed by atoms with Crippen molar-refractivity contribution in [1.82, 2.24) is 0 Å². The summed E-state index contributed by atoms with van der Waals surface area (Å²) in [6.45, 7) is 0. The molecular formula is CeMoNiO+7. The van der Waals surface area contributed by atoms with E-state index in [1.54, 1.807) is 0 Å². The molecule has 0 atom stereocenters. The van der Waals surface area contributed by atoms with Crippen LogP contribution in [0.1, 0.15) is 0 Å². The van der Waals surface area contributed by atoms with Gasteiger partial charge in [0, 0.05) is 0 Å². The van der Waals surface area contributed by atoms with E-state index < -0.39 is 0 Å². The van der Waals surface area contributed by atoms with Crippen molar-refractivity contribution in [1.29, 1.82) is 0 Å². The van der Waals surface area contributed by atoms with Gasteiger partial charge in [0.1, 0.15) is 0 Å². The van der Waals surface area contributed by atoms with Crippen LogP contribution in [0, 0.1) is 41.7 Å². The average Bonchev–Trinajstić information content (AvgIpc) is 0. The molecule has 0 spiro atoms. The molecule has 1 radical (unpaired) electrons. The fraction of sp³-hybridized carbons (Fsp3) is 0. The second kappa shape index (κ2) is 17.8. The second-order valence-electron chi connectivity index (χ2n) is 0. The van der Waals surface area contributed by atoms with Gasteiger partial charge in [0.25, 0.3) is 0 Å². The molecule has 4 heavy (non-hydrogen) atoms.